The second-order valence-corrected chi connectivity index (χ2v) is 4.38. The van der Waals surface area contributed by atoms with Crippen molar-refractivity contribution in [2.45, 2.75) is 20.3 Å². The Balaban J connectivity index is 2.48. The lowest BCUT2D eigenvalue weighted by Crippen LogP contribution is -2.20. The van der Waals surface area contributed by atoms with Crippen LogP contribution in [0.3, 0.4) is 0 Å². The average molecular weight is 262 g/mol. The van der Waals surface area contributed by atoms with E-state index in [9.17, 15) is 4.39 Å². The SMILES string of the molecule is CCc1nn(C)c(N(CC)c2ccc(F)cc2)c1N. The van der Waals surface area contributed by atoms with E-state index in [1.54, 1.807) is 16.8 Å². The number of rotatable bonds is 4. The van der Waals surface area contributed by atoms with Gasteiger partial charge in [0, 0.05) is 19.3 Å². The summed E-state index contributed by atoms with van der Waals surface area (Å²) < 4.78 is 14.8. The Hall–Kier alpha value is -2.04. The van der Waals surface area contributed by atoms with E-state index in [0.29, 0.717) is 5.69 Å². The number of aromatic nitrogens is 2. The maximum Gasteiger partial charge on any atom is 0.154 e. The zero-order valence-corrected chi connectivity index (χ0v) is 11.5. The summed E-state index contributed by atoms with van der Waals surface area (Å²) in [6.07, 6.45) is 0.792. The lowest BCUT2D eigenvalue weighted by Gasteiger charge is -2.23. The number of halogens is 1. The zero-order valence-electron chi connectivity index (χ0n) is 11.5. The largest absolute Gasteiger partial charge is 0.394 e. The molecule has 19 heavy (non-hydrogen) atoms. The van der Waals surface area contributed by atoms with E-state index < -0.39 is 0 Å². The van der Waals surface area contributed by atoms with Gasteiger partial charge >= 0.3 is 0 Å². The molecular formula is C14H19FN4. The molecule has 0 aliphatic carbocycles. The molecule has 1 aromatic carbocycles. The first-order valence-electron chi connectivity index (χ1n) is 6.42. The summed E-state index contributed by atoms with van der Waals surface area (Å²) in [6.45, 7) is 4.79. The minimum atomic E-state index is -0.243. The molecule has 1 aromatic heterocycles. The Morgan fingerprint density at radius 1 is 1.26 bits per heavy atom. The normalized spacial score (nSPS) is 10.7. The lowest BCUT2D eigenvalue weighted by molar-refractivity contribution is 0.627. The van der Waals surface area contributed by atoms with E-state index in [0.717, 1.165) is 30.2 Å². The van der Waals surface area contributed by atoms with Gasteiger partial charge in [-0.25, -0.2) is 4.39 Å². The molecule has 0 bridgehead atoms. The van der Waals surface area contributed by atoms with Crippen LogP contribution in [-0.2, 0) is 13.5 Å². The highest BCUT2D eigenvalue weighted by Crippen LogP contribution is 2.32. The Morgan fingerprint density at radius 3 is 2.37 bits per heavy atom. The Kier molecular flexibility index (Phi) is 3.74. The monoisotopic (exact) mass is 262 g/mol. The quantitative estimate of drug-likeness (QED) is 0.921. The van der Waals surface area contributed by atoms with Gasteiger partial charge in [-0.15, -0.1) is 0 Å². The fourth-order valence-electron chi connectivity index (χ4n) is 2.24. The van der Waals surface area contributed by atoms with Crippen LogP contribution in [-0.4, -0.2) is 16.3 Å². The molecule has 0 unspecified atom stereocenters. The molecule has 0 saturated heterocycles. The molecule has 0 saturated carbocycles. The summed E-state index contributed by atoms with van der Waals surface area (Å²) in [7, 11) is 1.87. The maximum atomic E-state index is 13.0. The molecule has 0 aliphatic rings. The van der Waals surface area contributed by atoms with Crippen LogP contribution in [0.2, 0.25) is 0 Å². The van der Waals surface area contributed by atoms with Crippen molar-refractivity contribution in [1.82, 2.24) is 9.78 Å². The van der Waals surface area contributed by atoms with Crippen LogP contribution in [0.5, 0.6) is 0 Å². The van der Waals surface area contributed by atoms with Crippen molar-refractivity contribution >= 4 is 17.2 Å². The molecular weight excluding hydrogens is 243 g/mol. The highest BCUT2D eigenvalue weighted by Gasteiger charge is 2.18. The standard InChI is InChI=1S/C14H19FN4/c1-4-12-13(16)14(18(3)17-12)19(5-2)11-8-6-10(15)7-9-11/h6-9H,4-5,16H2,1-3H3. The third-order valence-corrected chi connectivity index (χ3v) is 3.17. The first-order chi connectivity index (χ1) is 9.08. The average Bonchev–Trinajstić information content (AvgIpc) is 2.69. The highest BCUT2D eigenvalue weighted by atomic mass is 19.1. The predicted octanol–water partition coefficient (Wildman–Crippen LogP) is 2.86. The van der Waals surface area contributed by atoms with Gasteiger partial charge in [0.25, 0.3) is 0 Å². The van der Waals surface area contributed by atoms with Crippen LogP contribution in [0.4, 0.5) is 21.6 Å². The predicted molar refractivity (Wildman–Crippen MR) is 76.1 cm³/mol. The Bertz CT molecular complexity index is 560. The fraction of sp³-hybridized carbons (Fsp3) is 0.357. The van der Waals surface area contributed by atoms with Crippen molar-refractivity contribution in [2.24, 2.45) is 7.05 Å². The third kappa shape index (κ3) is 2.41. The number of hydrogen-bond donors (Lipinski definition) is 1. The van der Waals surface area contributed by atoms with Gasteiger partial charge in [0.05, 0.1) is 11.4 Å². The molecule has 5 heteroatoms. The molecule has 0 fully saturated rings. The Morgan fingerprint density at radius 2 is 1.89 bits per heavy atom. The van der Waals surface area contributed by atoms with E-state index in [1.165, 1.54) is 12.1 Å². The summed E-state index contributed by atoms with van der Waals surface area (Å²) in [6, 6.07) is 6.39. The van der Waals surface area contributed by atoms with Crippen molar-refractivity contribution in [3.8, 4) is 0 Å². The molecule has 0 aliphatic heterocycles. The van der Waals surface area contributed by atoms with Crippen LogP contribution >= 0.6 is 0 Å². The third-order valence-electron chi connectivity index (χ3n) is 3.17. The lowest BCUT2D eigenvalue weighted by atomic mass is 10.2. The van der Waals surface area contributed by atoms with Crippen molar-refractivity contribution in [3.05, 3.63) is 35.8 Å². The van der Waals surface area contributed by atoms with Crippen molar-refractivity contribution in [2.75, 3.05) is 17.2 Å². The molecule has 1 heterocycles. The number of hydrogen-bond acceptors (Lipinski definition) is 3. The van der Waals surface area contributed by atoms with Crippen molar-refractivity contribution in [1.29, 1.82) is 0 Å². The molecule has 2 rings (SSSR count). The molecule has 2 N–H and O–H groups in total. The number of nitrogen functional groups attached to an aromatic ring is 1. The molecule has 102 valence electrons. The summed E-state index contributed by atoms with van der Waals surface area (Å²) in [5, 5.41) is 4.42. The van der Waals surface area contributed by atoms with E-state index in [4.69, 9.17) is 5.73 Å². The van der Waals surface area contributed by atoms with Crippen LogP contribution in [0.1, 0.15) is 19.5 Å². The minimum absolute atomic E-state index is 0.243. The first kappa shape index (κ1) is 13.4. The van der Waals surface area contributed by atoms with Gasteiger partial charge < -0.3 is 10.6 Å². The van der Waals surface area contributed by atoms with Crippen molar-refractivity contribution < 1.29 is 4.39 Å². The second-order valence-electron chi connectivity index (χ2n) is 4.38. The van der Waals surface area contributed by atoms with Gasteiger partial charge in [-0.1, -0.05) is 6.92 Å². The van der Waals surface area contributed by atoms with Crippen molar-refractivity contribution in [3.63, 3.8) is 0 Å². The second kappa shape index (κ2) is 5.30. The van der Waals surface area contributed by atoms with Crippen LogP contribution in [0.25, 0.3) is 0 Å². The Labute approximate surface area is 112 Å². The van der Waals surface area contributed by atoms with Gasteiger partial charge in [0.2, 0.25) is 0 Å². The number of anilines is 3. The smallest absolute Gasteiger partial charge is 0.154 e. The summed E-state index contributed by atoms with van der Waals surface area (Å²) in [5.41, 5.74) is 8.64. The van der Waals surface area contributed by atoms with Gasteiger partial charge in [-0.3, -0.25) is 4.68 Å². The number of aryl methyl sites for hydroxylation is 2. The minimum Gasteiger partial charge on any atom is -0.394 e. The van der Waals surface area contributed by atoms with Gasteiger partial charge in [0.15, 0.2) is 5.82 Å². The van der Waals surface area contributed by atoms with Crippen LogP contribution in [0.15, 0.2) is 24.3 Å². The van der Waals surface area contributed by atoms with Gasteiger partial charge in [-0.2, -0.15) is 5.10 Å². The van der Waals surface area contributed by atoms with E-state index in [1.807, 2.05) is 25.8 Å². The molecule has 0 radical (unpaired) electrons. The molecule has 2 aromatic rings. The fourth-order valence-corrected chi connectivity index (χ4v) is 2.24. The topological polar surface area (TPSA) is 47.1 Å². The van der Waals surface area contributed by atoms with Gasteiger partial charge in [0.1, 0.15) is 5.82 Å². The molecule has 0 spiro atoms. The zero-order chi connectivity index (χ0) is 14.0. The van der Waals surface area contributed by atoms with E-state index in [-0.39, 0.29) is 5.82 Å². The van der Waals surface area contributed by atoms with Crippen LogP contribution < -0.4 is 10.6 Å². The van der Waals surface area contributed by atoms with E-state index in [2.05, 4.69) is 5.10 Å². The number of nitrogens with zero attached hydrogens (tertiary/aromatic N) is 3. The molecule has 0 amide bonds. The highest BCUT2D eigenvalue weighted by molar-refractivity contribution is 5.73. The number of benzene rings is 1. The van der Waals surface area contributed by atoms with Gasteiger partial charge in [-0.05, 0) is 37.6 Å². The summed E-state index contributed by atoms with van der Waals surface area (Å²) >= 11 is 0. The summed E-state index contributed by atoms with van der Waals surface area (Å²) in [4.78, 5) is 2.03. The van der Waals surface area contributed by atoms with E-state index >= 15 is 0 Å². The van der Waals surface area contributed by atoms with Crippen LogP contribution in [0, 0.1) is 5.82 Å². The number of nitrogens with two attached hydrogens (primary N) is 1. The molecule has 0 atom stereocenters. The molecule has 4 nitrogen and oxygen atoms in total. The summed E-state index contributed by atoms with van der Waals surface area (Å²) in [5.74, 6) is 0.609. The first-order valence-corrected chi connectivity index (χ1v) is 6.42. The maximum absolute atomic E-state index is 13.0.